The van der Waals surface area contributed by atoms with E-state index in [2.05, 4.69) is 21.2 Å². The highest BCUT2D eigenvalue weighted by molar-refractivity contribution is 9.10. The van der Waals surface area contributed by atoms with Gasteiger partial charge in [0.05, 0.1) is 11.4 Å². The van der Waals surface area contributed by atoms with Crippen LogP contribution >= 0.6 is 15.9 Å². The number of carboxylic acid groups (broad SMARTS) is 1. The van der Waals surface area contributed by atoms with Crippen LogP contribution < -0.4 is 11.1 Å². The zero-order chi connectivity index (χ0) is 15.6. The normalized spacial score (nSPS) is 12.0. The molecule has 0 heterocycles. The first-order valence-corrected chi connectivity index (χ1v) is 7.02. The van der Waals surface area contributed by atoms with Gasteiger partial charge in [0.15, 0.2) is 0 Å². The number of hydrogen-bond acceptors (Lipinski definition) is 3. The van der Waals surface area contributed by atoms with Gasteiger partial charge in [-0.2, -0.15) is 0 Å². The summed E-state index contributed by atoms with van der Waals surface area (Å²) in [6.07, 6.45) is 0. The van der Waals surface area contributed by atoms with Crippen LogP contribution in [0.25, 0.3) is 0 Å². The van der Waals surface area contributed by atoms with Crippen molar-refractivity contribution in [3.63, 3.8) is 0 Å². The Kier molecular flexibility index (Phi) is 4.47. The largest absolute Gasteiger partial charge is 0.478 e. The fourth-order valence-corrected chi connectivity index (χ4v) is 2.28. The maximum Gasteiger partial charge on any atom is 0.340 e. The van der Waals surface area contributed by atoms with Crippen molar-refractivity contribution in [1.29, 1.82) is 0 Å². The van der Waals surface area contributed by atoms with Crippen LogP contribution in [0.1, 0.15) is 28.9 Å². The molecule has 2 rings (SSSR count). The minimum atomic E-state index is -1.27. The quantitative estimate of drug-likeness (QED) is 0.725. The lowest BCUT2D eigenvalue weighted by Gasteiger charge is -2.18. The number of nitrogens with one attached hydrogen (secondary N) is 1. The molecule has 6 heteroatoms. The maximum atomic E-state index is 13.4. The predicted octanol–water partition coefficient (Wildman–Crippen LogP) is 4.04. The lowest BCUT2D eigenvalue weighted by molar-refractivity contribution is 0.0698. The van der Waals surface area contributed by atoms with Gasteiger partial charge in [-0.25, -0.2) is 9.18 Å². The Morgan fingerprint density at radius 2 is 1.90 bits per heavy atom. The molecule has 21 heavy (non-hydrogen) atoms. The third-order valence-corrected chi connectivity index (χ3v) is 3.68. The van der Waals surface area contributed by atoms with Crippen molar-refractivity contribution in [3.05, 3.63) is 57.8 Å². The number of nitrogens with two attached hydrogens (primary N) is 1. The molecule has 0 radical (unpaired) electrons. The summed E-state index contributed by atoms with van der Waals surface area (Å²) in [6.45, 7) is 1.88. The molecule has 0 saturated heterocycles. The summed E-state index contributed by atoms with van der Waals surface area (Å²) >= 11 is 3.35. The van der Waals surface area contributed by atoms with Gasteiger partial charge in [-0.1, -0.05) is 28.1 Å². The number of aromatic carboxylic acids is 1. The molecule has 0 spiro atoms. The van der Waals surface area contributed by atoms with Crippen molar-refractivity contribution in [2.45, 2.75) is 13.0 Å². The van der Waals surface area contributed by atoms with Crippen molar-refractivity contribution in [2.75, 3.05) is 11.1 Å². The molecular formula is C15H14BrFN2O2. The summed E-state index contributed by atoms with van der Waals surface area (Å²) in [4.78, 5) is 11.3. The fourth-order valence-electron chi connectivity index (χ4n) is 2.01. The van der Waals surface area contributed by atoms with E-state index in [1.165, 1.54) is 6.07 Å². The lowest BCUT2D eigenvalue weighted by atomic mass is 10.1. The SMILES string of the molecule is CC(Nc1ccc(F)c(N)c1C(=O)O)c1ccc(Br)cc1. The van der Waals surface area contributed by atoms with Crippen LogP contribution in [0, 0.1) is 5.82 Å². The number of carbonyl (C=O) groups is 1. The van der Waals surface area contributed by atoms with Crippen LogP contribution in [0.15, 0.2) is 40.9 Å². The minimum Gasteiger partial charge on any atom is -0.478 e. The van der Waals surface area contributed by atoms with E-state index in [4.69, 9.17) is 5.73 Å². The molecule has 1 atom stereocenters. The second-order valence-electron chi connectivity index (χ2n) is 4.61. The Labute approximate surface area is 129 Å². The topological polar surface area (TPSA) is 75.3 Å². The molecule has 0 aliphatic heterocycles. The summed E-state index contributed by atoms with van der Waals surface area (Å²) in [5.41, 5.74) is 6.16. The van der Waals surface area contributed by atoms with Crippen LogP contribution in [-0.4, -0.2) is 11.1 Å². The zero-order valence-corrected chi connectivity index (χ0v) is 12.8. The van der Waals surface area contributed by atoms with Gasteiger partial charge >= 0.3 is 5.97 Å². The van der Waals surface area contributed by atoms with Gasteiger partial charge < -0.3 is 16.2 Å². The standard InChI is InChI=1S/C15H14BrFN2O2/c1-8(9-2-4-10(16)5-3-9)19-12-7-6-11(17)14(18)13(12)15(20)21/h2-8,19H,18H2,1H3,(H,20,21). The van der Waals surface area contributed by atoms with Crippen LogP contribution in [0.3, 0.4) is 0 Å². The number of carboxylic acids is 1. The molecular weight excluding hydrogens is 339 g/mol. The van der Waals surface area contributed by atoms with Crippen molar-refractivity contribution < 1.29 is 14.3 Å². The summed E-state index contributed by atoms with van der Waals surface area (Å²) in [6, 6.07) is 9.99. The van der Waals surface area contributed by atoms with Gasteiger partial charge in [0.1, 0.15) is 11.4 Å². The molecule has 2 aromatic rings. The molecule has 4 nitrogen and oxygen atoms in total. The summed E-state index contributed by atoms with van der Waals surface area (Å²) < 4.78 is 14.4. The molecule has 4 N–H and O–H groups in total. The lowest BCUT2D eigenvalue weighted by Crippen LogP contribution is -2.13. The van der Waals surface area contributed by atoms with E-state index in [9.17, 15) is 14.3 Å². The molecule has 2 aromatic carbocycles. The second kappa shape index (κ2) is 6.13. The molecule has 0 aliphatic carbocycles. The third-order valence-electron chi connectivity index (χ3n) is 3.15. The first-order chi connectivity index (χ1) is 9.90. The number of hydrogen-bond donors (Lipinski definition) is 3. The molecule has 0 amide bonds. The van der Waals surface area contributed by atoms with Crippen LogP contribution in [-0.2, 0) is 0 Å². The molecule has 1 unspecified atom stereocenters. The molecule has 0 bridgehead atoms. The summed E-state index contributed by atoms with van der Waals surface area (Å²) in [7, 11) is 0. The van der Waals surface area contributed by atoms with Crippen molar-refractivity contribution in [2.24, 2.45) is 0 Å². The number of halogens is 2. The minimum absolute atomic E-state index is 0.152. The third kappa shape index (κ3) is 3.33. The molecule has 0 saturated carbocycles. The van der Waals surface area contributed by atoms with Gasteiger partial charge in [-0.15, -0.1) is 0 Å². The predicted molar refractivity (Wildman–Crippen MR) is 84.0 cm³/mol. The van der Waals surface area contributed by atoms with Gasteiger partial charge in [-0.3, -0.25) is 0 Å². The van der Waals surface area contributed by atoms with E-state index < -0.39 is 11.8 Å². The average Bonchev–Trinajstić information content (AvgIpc) is 2.43. The van der Waals surface area contributed by atoms with Gasteiger partial charge in [0.25, 0.3) is 0 Å². The average molecular weight is 353 g/mol. The zero-order valence-electron chi connectivity index (χ0n) is 11.2. The van der Waals surface area contributed by atoms with Crippen LogP contribution in [0.5, 0.6) is 0 Å². The van der Waals surface area contributed by atoms with Crippen molar-refractivity contribution >= 4 is 33.3 Å². The highest BCUT2D eigenvalue weighted by Crippen LogP contribution is 2.28. The van der Waals surface area contributed by atoms with E-state index in [0.717, 1.165) is 16.1 Å². The second-order valence-corrected chi connectivity index (χ2v) is 5.52. The Hall–Kier alpha value is -2.08. The van der Waals surface area contributed by atoms with Crippen molar-refractivity contribution in [1.82, 2.24) is 0 Å². The number of rotatable bonds is 4. The van der Waals surface area contributed by atoms with Crippen molar-refractivity contribution in [3.8, 4) is 0 Å². The molecule has 110 valence electrons. The highest BCUT2D eigenvalue weighted by atomic mass is 79.9. The van der Waals surface area contributed by atoms with E-state index in [1.807, 2.05) is 31.2 Å². The Morgan fingerprint density at radius 3 is 2.48 bits per heavy atom. The number of benzene rings is 2. The molecule has 0 aliphatic rings. The first kappa shape index (κ1) is 15.3. The summed E-state index contributed by atoms with van der Waals surface area (Å²) in [5.74, 6) is -2.01. The van der Waals surface area contributed by atoms with E-state index in [0.29, 0.717) is 0 Å². The van der Waals surface area contributed by atoms with Gasteiger partial charge in [0, 0.05) is 10.5 Å². The van der Waals surface area contributed by atoms with Crippen LogP contribution in [0.2, 0.25) is 0 Å². The Balaban J connectivity index is 2.33. The van der Waals surface area contributed by atoms with E-state index >= 15 is 0 Å². The molecule has 0 aromatic heterocycles. The molecule has 0 fully saturated rings. The summed E-state index contributed by atoms with van der Waals surface area (Å²) in [5, 5.41) is 12.3. The van der Waals surface area contributed by atoms with E-state index in [1.54, 1.807) is 0 Å². The monoisotopic (exact) mass is 352 g/mol. The maximum absolute atomic E-state index is 13.4. The highest BCUT2D eigenvalue weighted by Gasteiger charge is 2.19. The van der Waals surface area contributed by atoms with Gasteiger partial charge in [-0.05, 0) is 36.8 Å². The Morgan fingerprint density at radius 1 is 1.29 bits per heavy atom. The fraction of sp³-hybridized carbons (Fsp3) is 0.133. The first-order valence-electron chi connectivity index (χ1n) is 6.23. The number of nitrogen functional groups attached to an aromatic ring is 1. The smallest absolute Gasteiger partial charge is 0.340 e. The van der Waals surface area contributed by atoms with Crippen LogP contribution in [0.4, 0.5) is 15.8 Å². The van der Waals surface area contributed by atoms with E-state index in [-0.39, 0.29) is 23.0 Å². The number of anilines is 2. The Bertz CT molecular complexity index is 674. The van der Waals surface area contributed by atoms with Gasteiger partial charge in [0.2, 0.25) is 0 Å².